The quantitative estimate of drug-likeness (QED) is 0.935. The first-order chi connectivity index (χ1) is 11.4. The maximum absolute atomic E-state index is 4.58. The largest absolute Gasteiger partial charge is 0.314 e. The van der Waals surface area contributed by atoms with Gasteiger partial charge in [0.2, 0.25) is 0 Å². The molecule has 0 unspecified atom stereocenters. The van der Waals surface area contributed by atoms with Crippen LogP contribution in [-0.4, -0.2) is 36.1 Å². The van der Waals surface area contributed by atoms with Gasteiger partial charge in [-0.25, -0.2) is 0 Å². The van der Waals surface area contributed by atoms with Crippen molar-refractivity contribution in [2.45, 2.75) is 38.1 Å². The summed E-state index contributed by atoms with van der Waals surface area (Å²) in [6.45, 7) is 4.56. The van der Waals surface area contributed by atoms with E-state index in [1.165, 1.54) is 43.1 Å². The molecule has 1 aliphatic carbocycles. The van der Waals surface area contributed by atoms with Crippen molar-refractivity contribution in [3.05, 3.63) is 42.1 Å². The Morgan fingerprint density at radius 3 is 2.61 bits per heavy atom. The van der Waals surface area contributed by atoms with Gasteiger partial charge in [-0.1, -0.05) is 37.5 Å². The molecule has 0 bridgehead atoms. The predicted octanol–water partition coefficient (Wildman–Crippen LogP) is 3.76. The molecule has 0 amide bonds. The average Bonchev–Trinajstić information content (AvgIpc) is 2.64. The number of para-hydroxylation sites is 1. The lowest BCUT2D eigenvalue weighted by molar-refractivity contribution is 0.104. The van der Waals surface area contributed by atoms with Crippen LogP contribution in [0.15, 0.2) is 36.5 Å². The highest BCUT2D eigenvalue weighted by Gasteiger charge is 2.31. The van der Waals surface area contributed by atoms with Gasteiger partial charge in [0.15, 0.2) is 0 Å². The molecule has 2 heterocycles. The zero-order valence-electron chi connectivity index (χ0n) is 13.9. The van der Waals surface area contributed by atoms with Crippen molar-refractivity contribution in [3.8, 4) is 0 Å². The fraction of sp³-hybridized carbons (Fsp3) is 0.550. The summed E-state index contributed by atoms with van der Waals surface area (Å²) in [4.78, 5) is 7.31. The van der Waals surface area contributed by atoms with E-state index in [0.717, 1.165) is 37.6 Å². The number of aromatic nitrogens is 1. The Kier molecular flexibility index (Phi) is 4.58. The molecular weight excluding hydrogens is 282 g/mol. The van der Waals surface area contributed by atoms with E-state index in [-0.39, 0.29) is 0 Å². The highest BCUT2D eigenvalue weighted by Crippen LogP contribution is 2.40. The Hall–Kier alpha value is -1.45. The summed E-state index contributed by atoms with van der Waals surface area (Å²) in [5.74, 6) is 0.799. The highest BCUT2D eigenvalue weighted by molar-refractivity contribution is 5.82. The van der Waals surface area contributed by atoms with Crippen LogP contribution in [0.4, 0.5) is 0 Å². The second-order valence-corrected chi connectivity index (χ2v) is 7.05. The second kappa shape index (κ2) is 6.98. The number of hydrogen-bond donors (Lipinski definition) is 1. The molecule has 1 aromatic carbocycles. The Labute approximate surface area is 139 Å². The number of hydrogen-bond acceptors (Lipinski definition) is 3. The van der Waals surface area contributed by atoms with Gasteiger partial charge in [0, 0.05) is 43.8 Å². The first-order valence-electron chi connectivity index (χ1n) is 9.22. The SMILES string of the molecule is c1ccc2c([C@@H](C3CCCCC3)N3CCNCC3)ccnc2c1. The van der Waals surface area contributed by atoms with Crippen molar-refractivity contribution in [2.24, 2.45) is 5.92 Å². The number of piperazine rings is 1. The van der Waals surface area contributed by atoms with Crippen LogP contribution < -0.4 is 5.32 Å². The third-order valence-corrected chi connectivity index (χ3v) is 5.64. The molecule has 0 spiro atoms. The molecule has 2 fully saturated rings. The summed E-state index contributed by atoms with van der Waals surface area (Å²) >= 11 is 0. The molecular formula is C20H27N3. The van der Waals surface area contributed by atoms with Crippen LogP contribution in [0.2, 0.25) is 0 Å². The molecule has 1 aromatic heterocycles. The van der Waals surface area contributed by atoms with Gasteiger partial charge in [-0.05, 0) is 36.5 Å². The van der Waals surface area contributed by atoms with Crippen molar-refractivity contribution < 1.29 is 0 Å². The molecule has 1 N–H and O–H groups in total. The van der Waals surface area contributed by atoms with Crippen molar-refractivity contribution in [1.29, 1.82) is 0 Å². The fourth-order valence-corrected chi connectivity index (χ4v) is 4.53. The molecule has 2 aliphatic rings. The van der Waals surface area contributed by atoms with E-state index < -0.39 is 0 Å². The summed E-state index contributed by atoms with van der Waals surface area (Å²) in [7, 11) is 0. The normalized spacial score (nSPS) is 22.3. The second-order valence-electron chi connectivity index (χ2n) is 7.05. The van der Waals surface area contributed by atoms with E-state index in [4.69, 9.17) is 0 Å². The Balaban J connectivity index is 1.76. The highest BCUT2D eigenvalue weighted by atomic mass is 15.2. The topological polar surface area (TPSA) is 28.2 Å². The average molecular weight is 309 g/mol. The lowest BCUT2D eigenvalue weighted by Gasteiger charge is -2.41. The van der Waals surface area contributed by atoms with Gasteiger partial charge in [0.25, 0.3) is 0 Å². The van der Waals surface area contributed by atoms with Crippen LogP contribution in [0.25, 0.3) is 10.9 Å². The zero-order chi connectivity index (χ0) is 15.5. The van der Waals surface area contributed by atoms with E-state index >= 15 is 0 Å². The number of nitrogens with one attached hydrogen (secondary N) is 1. The maximum atomic E-state index is 4.58. The lowest BCUT2D eigenvalue weighted by Crippen LogP contribution is -2.47. The molecule has 1 saturated carbocycles. The van der Waals surface area contributed by atoms with Crippen molar-refractivity contribution in [3.63, 3.8) is 0 Å². The number of pyridine rings is 1. The van der Waals surface area contributed by atoms with Crippen LogP contribution >= 0.6 is 0 Å². The van der Waals surface area contributed by atoms with Gasteiger partial charge in [0.05, 0.1) is 5.52 Å². The van der Waals surface area contributed by atoms with Gasteiger partial charge in [0.1, 0.15) is 0 Å². The van der Waals surface area contributed by atoms with Crippen molar-refractivity contribution in [2.75, 3.05) is 26.2 Å². The summed E-state index contributed by atoms with van der Waals surface area (Å²) in [5, 5.41) is 4.86. The molecule has 3 heteroatoms. The van der Waals surface area contributed by atoms with Gasteiger partial charge in [-0.3, -0.25) is 9.88 Å². The minimum Gasteiger partial charge on any atom is -0.314 e. The predicted molar refractivity (Wildman–Crippen MR) is 95.5 cm³/mol. The molecule has 1 aliphatic heterocycles. The van der Waals surface area contributed by atoms with E-state index in [1.54, 1.807) is 0 Å². The molecule has 23 heavy (non-hydrogen) atoms. The number of benzene rings is 1. The van der Waals surface area contributed by atoms with Gasteiger partial charge in [-0.2, -0.15) is 0 Å². The minimum absolute atomic E-state index is 0.560. The molecule has 1 saturated heterocycles. The molecule has 4 rings (SSSR count). The molecule has 0 radical (unpaired) electrons. The number of fused-ring (bicyclic) bond motifs is 1. The van der Waals surface area contributed by atoms with Crippen LogP contribution in [0.1, 0.15) is 43.7 Å². The smallest absolute Gasteiger partial charge is 0.0705 e. The van der Waals surface area contributed by atoms with Crippen LogP contribution in [0.3, 0.4) is 0 Å². The third-order valence-electron chi connectivity index (χ3n) is 5.64. The molecule has 122 valence electrons. The van der Waals surface area contributed by atoms with E-state index in [9.17, 15) is 0 Å². The zero-order valence-corrected chi connectivity index (χ0v) is 13.9. The van der Waals surface area contributed by atoms with Crippen LogP contribution in [-0.2, 0) is 0 Å². The monoisotopic (exact) mass is 309 g/mol. The van der Waals surface area contributed by atoms with Crippen LogP contribution in [0.5, 0.6) is 0 Å². The summed E-state index contributed by atoms with van der Waals surface area (Å²) in [6.07, 6.45) is 8.99. The molecule has 1 atom stereocenters. The Morgan fingerprint density at radius 2 is 1.78 bits per heavy atom. The van der Waals surface area contributed by atoms with Gasteiger partial charge >= 0.3 is 0 Å². The van der Waals surface area contributed by atoms with E-state index in [2.05, 4.69) is 45.5 Å². The van der Waals surface area contributed by atoms with Crippen molar-refractivity contribution >= 4 is 10.9 Å². The third kappa shape index (κ3) is 3.13. The number of nitrogens with zero attached hydrogens (tertiary/aromatic N) is 2. The minimum atomic E-state index is 0.560. The summed E-state index contributed by atoms with van der Waals surface area (Å²) < 4.78 is 0. The Bertz CT molecular complexity index is 619. The van der Waals surface area contributed by atoms with Gasteiger partial charge in [-0.15, -0.1) is 0 Å². The van der Waals surface area contributed by atoms with Gasteiger partial charge < -0.3 is 5.32 Å². The summed E-state index contributed by atoms with van der Waals surface area (Å²) in [5.41, 5.74) is 2.64. The van der Waals surface area contributed by atoms with E-state index in [0.29, 0.717) is 6.04 Å². The Morgan fingerprint density at radius 1 is 1.00 bits per heavy atom. The standard InChI is InChI=1S/C20H27N3/c1-2-6-16(7-3-1)20(23-14-12-21-13-15-23)18-10-11-22-19-9-5-4-8-17(18)19/h4-5,8-11,16,20-21H,1-3,6-7,12-15H2/t20-/m1/s1. The van der Waals surface area contributed by atoms with E-state index in [1.807, 2.05) is 6.20 Å². The lowest BCUT2D eigenvalue weighted by atomic mass is 9.79. The maximum Gasteiger partial charge on any atom is 0.0705 e. The first kappa shape index (κ1) is 15.1. The first-order valence-corrected chi connectivity index (χ1v) is 9.22. The number of rotatable bonds is 3. The van der Waals surface area contributed by atoms with Crippen molar-refractivity contribution in [1.82, 2.24) is 15.2 Å². The fourth-order valence-electron chi connectivity index (χ4n) is 4.53. The molecule has 2 aromatic rings. The van der Waals surface area contributed by atoms with Crippen LogP contribution in [0, 0.1) is 5.92 Å². The molecule has 3 nitrogen and oxygen atoms in total. The summed E-state index contributed by atoms with van der Waals surface area (Å²) in [6, 6.07) is 11.5.